The van der Waals surface area contributed by atoms with Gasteiger partial charge in [-0.05, 0) is 6.42 Å². The lowest BCUT2D eigenvalue weighted by Gasteiger charge is -2.11. The van der Waals surface area contributed by atoms with Gasteiger partial charge < -0.3 is 20.5 Å². The first-order valence-electron chi connectivity index (χ1n) is 6.28. The van der Waals surface area contributed by atoms with Gasteiger partial charge in [-0.1, -0.05) is 6.92 Å². The van der Waals surface area contributed by atoms with Crippen LogP contribution >= 0.6 is 11.7 Å². The summed E-state index contributed by atoms with van der Waals surface area (Å²) < 4.78 is 12.9. The van der Waals surface area contributed by atoms with E-state index >= 15 is 0 Å². The molecule has 0 aliphatic rings. The Kier molecular flexibility index (Phi) is 8.03. The minimum atomic E-state index is -0.639. The molecule has 1 heterocycles. The molecule has 19 heavy (non-hydrogen) atoms. The van der Waals surface area contributed by atoms with Crippen molar-refractivity contribution in [2.45, 2.75) is 25.9 Å². The van der Waals surface area contributed by atoms with Crippen LogP contribution in [0.25, 0.3) is 0 Å². The number of hydrogen-bond acceptors (Lipinski definition) is 7. The number of nitrogens with one attached hydrogen (secondary N) is 2. The highest BCUT2D eigenvalue weighted by molar-refractivity contribution is 6.99. The molecule has 108 valence electrons. The van der Waals surface area contributed by atoms with E-state index in [1.54, 1.807) is 0 Å². The van der Waals surface area contributed by atoms with E-state index in [-0.39, 0.29) is 12.5 Å². The molecule has 0 aliphatic heterocycles. The van der Waals surface area contributed by atoms with Crippen LogP contribution < -0.4 is 15.4 Å². The van der Waals surface area contributed by atoms with Gasteiger partial charge in [0.15, 0.2) is 0 Å². The van der Waals surface area contributed by atoms with Crippen LogP contribution in [0.15, 0.2) is 6.20 Å². The number of nitrogens with zero attached hydrogens (tertiary/aromatic N) is 2. The summed E-state index contributed by atoms with van der Waals surface area (Å²) in [6, 6.07) is 0. The molecule has 1 rings (SSSR count). The number of aromatic nitrogens is 2. The Balaban J connectivity index is 1.98. The van der Waals surface area contributed by atoms with Crippen LogP contribution in [0.5, 0.6) is 5.88 Å². The second-order valence-corrected chi connectivity index (χ2v) is 4.57. The molecule has 0 bridgehead atoms. The zero-order valence-electron chi connectivity index (χ0n) is 11.0. The van der Waals surface area contributed by atoms with Gasteiger partial charge in [0.2, 0.25) is 11.8 Å². The molecule has 0 saturated heterocycles. The van der Waals surface area contributed by atoms with Crippen LogP contribution in [0.4, 0.5) is 0 Å². The quantitative estimate of drug-likeness (QED) is 0.515. The van der Waals surface area contributed by atoms with E-state index in [4.69, 9.17) is 4.74 Å². The first-order chi connectivity index (χ1) is 9.22. The number of rotatable bonds is 10. The SMILES string of the molecule is CCCNC(=O)CCNCC(O)COc1cnsn1. The van der Waals surface area contributed by atoms with E-state index in [9.17, 15) is 9.90 Å². The van der Waals surface area contributed by atoms with Gasteiger partial charge in [-0.25, -0.2) is 0 Å². The Morgan fingerprint density at radius 1 is 1.58 bits per heavy atom. The van der Waals surface area contributed by atoms with Crippen molar-refractivity contribution < 1.29 is 14.6 Å². The molecule has 1 aromatic heterocycles. The predicted molar refractivity (Wildman–Crippen MR) is 72.2 cm³/mol. The van der Waals surface area contributed by atoms with Gasteiger partial charge >= 0.3 is 0 Å². The fourth-order valence-electron chi connectivity index (χ4n) is 1.28. The first-order valence-corrected chi connectivity index (χ1v) is 7.01. The van der Waals surface area contributed by atoms with Gasteiger partial charge in [-0.2, -0.15) is 4.37 Å². The molecule has 7 nitrogen and oxygen atoms in total. The standard InChI is InChI=1S/C11H20N4O3S/c1-2-4-13-10(17)3-5-12-6-9(16)8-18-11-7-14-19-15-11/h7,9,12,16H,2-6,8H2,1H3,(H,13,17). The van der Waals surface area contributed by atoms with Gasteiger partial charge in [-0.15, -0.1) is 4.37 Å². The second-order valence-electron chi connectivity index (χ2n) is 4.01. The number of ether oxygens (including phenoxy) is 1. The van der Waals surface area contributed by atoms with Crippen LogP contribution in [0.2, 0.25) is 0 Å². The number of carbonyl (C=O) groups is 1. The van der Waals surface area contributed by atoms with Crippen LogP contribution in [0.1, 0.15) is 19.8 Å². The summed E-state index contributed by atoms with van der Waals surface area (Å²) >= 11 is 1.06. The van der Waals surface area contributed by atoms with Gasteiger partial charge in [-0.3, -0.25) is 4.79 Å². The minimum absolute atomic E-state index is 0.0219. The molecule has 8 heteroatoms. The average Bonchev–Trinajstić information content (AvgIpc) is 2.92. The molecule has 0 aliphatic carbocycles. The predicted octanol–water partition coefficient (Wildman–Crippen LogP) is -0.216. The summed E-state index contributed by atoms with van der Waals surface area (Å²) in [6.45, 7) is 3.77. The Bertz CT molecular complexity index is 348. The summed E-state index contributed by atoms with van der Waals surface area (Å²) in [5.74, 6) is 0.441. The van der Waals surface area contributed by atoms with Crippen molar-refractivity contribution in [1.82, 2.24) is 19.4 Å². The third-order valence-corrected chi connectivity index (χ3v) is 2.71. The molecule has 0 saturated carbocycles. The van der Waals surface area contributed by atoms with Crippen molar-refractivity contribution >= 4 is 17.6 Å². The fourth-order valence-corrected chi connectivity index (χ4v) is 1.65. The Morgan fingerprint density at radius 2 is 2.42 bits per heavy atom. The maximum atomic E-state index is 11.3. The van der Waals surface area contributed by atoms with Crippen molar-refractivity contribution in [3.63, 3.8) is 0 Å². The third-order valence-electron chi connectivity index (χ3n) is 2.25. The molecule has 1 atom stereocenters. The van der Waals surface area contributed by atoms with Crippen LogP contribution in [0.3, 0.4) is 0 Å². The van der Waals surface area contributed by atoms with E-state index in [1.165, 1.54) is 6.20 Å². The number of hydrogen-bond donors (Lipinski definition) is 3. The Morgan fingerprint density at radius 3 is 3.11 bits per heavy atom. The minimum Gasteiger partial charge on any atom is -0.473 e. The van der Waals surface area contributed by atoms with Crippen LogP contribution in [0, 0.1) is 0 Å². The second kappa shape index (κ2) is 9.65. The highest BCUT2D eigenvalue weighted by Gasteiger charge is 2.06. The lowest BCUT2D eigenvalue weighted by molar-refractivity contribution is -0.121. The lowest BCUT2D eigenvalue weighted by atomic mass is 10.3. The van der Waals surface area contributed by atoms with Crippen molar-refractivity contribution in [3.05, 3.63) is 6.20 Å². The summed E-state index contributed by atoms with van der Waals surface area (Å²) in [4.78, 5) is 11.3. The highest BCUT2D eigenvalue weighted by Crippen LogP contribution is 2.04. The van der Waals surface area contributed by atoms with Crippen molar-refractivity contribution in [1.29, 1.82) is 0 Å². The molecule has 1 amide bonds. The average molecular weight is 288 g/mol. The molecule has 0 fully saturated rings. The van der Waals surface area contributed by atoms with Gasteiger partial charge in [0, 0.05) is 26.1 Å². The summed E-state index contributed by atoms with van der Waals surface area (Å²) in [5, 5.41) is 15.4. The molecular formula is C11H20N4O3S. The van der Waals surface area contributed by atoms with E-state index in [0.29, 0.717) is 31.9 Å². The van der Waals surface area contributed by atoms with E-state index < -0.39 is 6.10 Å². The largest absolute Gasteiger partial charge is 0.473 e. The van der Waals surface area contributed by atoms with E-state index in [0.717, 1.165) is 18.1 Å². The molecule has 0 aromatic carbocycles. The van der Waals surface area contributed by atoms with E-state index in [1.807, 2.05) is 6.92 Å². The summed E-state index contributed by atoms with van der Waals surface area (Å²) in [5.41, 5.74) is 0. The smallest absolute Gasteiger partial charge is 0.245 e. The van der Waals surface area contributed by atoms with Crippen molar-refractivity contribution in [2.24, 2.45) is 0 Å². The number of amides is 1. The number of carbonyl (C=O) groups excluding carboxylic acids is 1. The van der Waals surface area contributed by atoms with E-state index in [2.05, 4.69) is 19.4 Å². The zero-order chi connectivity index (χ0) is 13.9. The molecule has 1 aromatic rings. The zero-order valence-corrected chi connectivity index (χ0v) is 11.8. The Labute approximate surface area is 116 Å². The molecular weight excluding hydrogens is 268 g/mol. The molecule has 1 unspecified atom stereocenters. The third kappa shape index (κ3) is 7.70. The molecule has 0 radical (unpaired) electrons. The topological polar surface area (TPSA) is 96.4 Å². The van der Waals surface area contributed by atoms with Crippen LogP contribution in [-0.4, -0.2) is 52.1 Å². The monoisotopic (exact) mass is 288 g/mol. The molecule has 3 N–H and O–H groups in total. The lowest BCUT2D eigenvalue weighted by Crippen LogP contribution is -2.34. The van der Waals surface area contributed by atoms with Crippen LogP contribution in [-0.2, 0) is 4.79 Å². The number of aliphatic hydroxyl groups is 1. The van der Waals surface area contributed by atoms with Gasteiger partial charge in [0.25, 0.3) is 0 Å². The van der Waals surface area contributed by atoms with Gasteiger partial charge in [0.1, 0.15) is 18.9 Å². The fraction of sp³-hybridized carbons (Fsp3) is 0.727. The summed E-state index contributed by atoms with van der Waals surface area (Å²) in [6.07, 6.45) is 2.20. The number of aliphatic hydroxyl groups excluding tert-OH is 1. The van der Waals surface area contributed by atoms with Crippen molar-refractivity contribution in [2.75, 3.05) is 26.2 Å². The molecule has 0 spiro atoms. The highest BCUT2D eigenvalue weighted by atomic mass is 32.1. The normalized spacial score (nSPS) is 12.1. The van der Waals surface area contributed by atoms with Gasteiger partial charge in [0.05, 0.1) is 11.7 Å². The Hall–Kier alpha value is -1.25. The maximum Gasteiger partial charge on any atom is 0.245 e. The first kappa shape index (κ1) is 15.8. The summed E-state index contributed by atoms with van der Waals surface area (Å²) in [7, 11) is 0. The van der Waals surface area contributed by atoms with Crippen molar-refractivity contribution in [3.8, 4) is 5.88 Å². The maximum absolute atomic E-state index is 11.3.